The number of aliphatic hydroxyl groups is 1. The lowest BCUT2D eigenvalue weighted by molar-refractivity contribution is -0.0324. The van der Waals surface area contributed by atoms with E-state index >= 15 is 0 Å². The molecule has 1 N–H and O–H groups in total. The van der Waals surface area contributed by atoms with Crippen molar-refractivity contribution in [1.82, 2.24) is 0 Å². The molecular formula is C20H34O4Si. The molecule has 0 saturated heterocycles. The van der Waals surface area contributed by atoms with Crippen molar-refractivity contribution in [2.45, 2.75) is 70.6 Å². The quantitative estimate of drug-likeness (QED) is 0.504. The van der Waals surface area contributed by atoms with E-state index in [0.717, 1.165) is 11.5 Å². The van der Waals surface area contributed by atoms with Gasteiger partial charge in [-0.3, -0.25) is 0 Å². The predicted molar refractivity (Wildman–Crippen MR) is 106 cm³/mol. The molecule has 0 bridgehead atoms. The Morgan fingerprint density at radius 1 is 1.16 bits per heavy atom. The highest BCUT2D eigenvalue weighted by atomic mass is 28.4. The summed E-state index contributed by atoms with van der Waals surface area (Å²) in [5.41, 5.74) is 0. The summed E-state index contributed by atoms with van der Waals surface area (Å²) in [4.78, 5) is 0. The van der Waals surface area contributed by atoms with Gasteiger partial charge in [0.25, 0.3) is 0 Å². The van der Waals surface area contributed by atoms with Crippen molar-refractivity contribution in [2.75, 3.05) is 7.11 Å². The van der Waals surface area contributed by atoms with Gasteiger partial charge in [0.05, 0.1) is 13.2 Å². The number of ether oxygens (including phenoxy) is 2. The van der Waals surface area contributed by atoms with E-state index < -0.39 is 20.5 Å². The summed E-state index contributed by atoms with van der Waals surface area (Å²) in [5.74, 6) is 1.50. The zero-order valence-corrected chi connectivity index (χ0v) is 17.7. The molecule has 0 fully saturated rings. The lowest BCUT2D eigenvalue weighted by Gasteiger charge is -2.42. The van der Waals surface area contributed by atoms with E-state index in [1.54, 1.807) is 13.2 Å². The Balaban J connectivity index is 2.95. The maximum absolute atomic E-state index is 10.6. The van der Waals surface area contributed by atoms with Gasteiger partial charge in [0.2, 0.25) is 0 Å². The van der Waals surface area contributed by atoms with E-state index in [1.807, 2.05) is 31.2 Å². The van der Waals surface area contributed by atoms with Crippen LogP contribution in [0.15, 0.2) is 36.9 Å². The van der Waals surface area contributed by atoms with Gasteiger partial charge in [0, 0.05) is 0 Å². The molecule has 0 aliphatic carbocycles. The van der Waals surface area contributed by atoms with Crippen molar-refractivity contribution >= 4 is 8.32 Å². The summed E-state index contributed by atoms with van der Waals surface area (Å²) in [6, 6.07) is 7.43. The summed E-state index contributed by atoms with van der Waals surface area (Å²) in [7, 11) is -0.417. The van der Waals surface area contributed by atoms with Crippen LogP contribution in [0.3, 0.4) is 0 Å². The zero-order chi connectivity index (χ0) is 19.3. The Hall–Kier alpha value is -1.30. The monoisotopic (exact) mass is 366 g/mol. The zero-order valence-electron chi connectivity index (χ0n) is 16.7. The molecule has 3 atom stereocenters. The Bertz CT molecular complexity index is 534. The maximum Gasteiger partial charge on any atom is 0.192 e. The van der Waals surface area contributed by atoms with Crippen LogP contribution in [0.25, 0.3) is 0 Å². The highest BCUT2D eigenvalue weighted by Crippen LogP contribution is 2.38. The lowest BCUT2D eigenvalue weighted by atomic mass is 10.1. The Labute approximate surface area is 153 Å². The predicted octanol–water partition coefficient (Wildman–Crippen LogP) is 4.79. The summed E-state index contributed by atoms with van der Waals surface area (Å²) < 4.78 is 17.7. The topological polar surface area (TPSA) is 47.9 Å². The van der Waals surface area contributed by atoms with Gasteiger partial charge < -0.3 is 19.0 Å². The van der Waals surface area contributed by atoms with Crippen molar-refractivity contribution in [3.63, 3.8) is 0 Å². The number of hydrogen-bond donors (Lipinski definition) is 1. The molecule has 4 nitrogen and oxygen atoms in total. The molecule has 0 radical (unpaired) electrons. The number of hydrogen-bond acceptors (Lipinski definition) is 4. The Morgan fingerprint density at radius 2 is 1.68 bits per heavy atom. The van der Waals surface area contributed by atoms with E-state index in [9.17, 15) is 5.11 Å². The van der Waals surface area contributed by atoms with Gasteiger partial charge >= 0.3 is 0 Å². The number of methoxy groups -OCH3 is 1. The fourth-order valence-electron chi connectivity index (χ4n) is 2.25. The number of rotatable bonds is 9. The Kier molecular flexibility index (Phi) is 7.72. The molecule has 1 aromatic carbocycles. The van der Waals surface area contributed by atoms with Gasteiger partial charge in [0.1, 0.15) is 23.7 Å². The molecule has 0 aromatic heterocycles. The minimum absolute atomic E-state index is 0.0545. The molecule has 0 amide bonds. The minimum atomic E-state index is -2.05. The van der Waals surface area contributed by atoms with E-state index in [1.165, 1.54) is 0 Å². The highest BCUT2D eigenvalue weighted by Gasteiger charge is 2.42. The fourth-order valence-corrected chi connectivity index (χ4v) is 3.63. The molecule has 1 aromatic rings. The van der Waals surface area contributed by atoms with Crippen molar-refractivity contribution in [3.05, 3.63) is 36.9 Å². The van der Waals surface area contributed by atoms with Gasteiger partial charge in [-0.05, 0) is 55.7 Å². The normalized spacial score (nSPS) is 16.0. The van der Waals surface area contributed by atoms with Crippen molar-refractivity contribution < 1.29 is 19.0 Å². The SMILES string of the molecule is C=CC[C@H](O)[C@@H](O[Si](C)(C)C(C)(C)C)[C@@H](C)Oc1ccc(OC)cc1. The maximum atomic E-state index is 10.6. The molecule has 0 saturated carbocycles. The van der Waals surface area contributed by atoms with Gasteiger partial charge in [0.15, 0.2) is 8.32 Å². The third-order valence-electron chi connectivity index (χ3n) is 4.87. The molecule has 1 rings (SSSR count). The van der Waals surface area contributed by atoms with E-state index in [4.69, 9.17) is 13.9 Å². The summed E-state index contributed by atoms with van der Waals surface area (Å²) in [5, 5.41) is 10.6. The van der Waals surface area contributed by atoms with E-state index in [0.29, 0.717) is 6.42 Å². The van der Waals surface area contributed by atoms with E-state index in [-0.39, 0.29) is 11.1 Å². The summed E-state index contributed by atoms with van der Waals surface area (Å²) >= 11 is 0. The number of aliphatic hydroxyl groups excluding tert-OH is 1. The van der Waals surface area contributed by atoms with Crippen LogP contribution < -0.4 is 9.47 Å². The first-order chi connectivity index (χ1) is 11.5. The molecular weight excluding hydrogens is 332 g/mol. The molecule has 5 heteroatoms. The second-order valence-corrected chi connectivity index (χ2v) is 12.7. The molecule has 0 unspecified atom stereocenters. The van der Waals surface area contributed by atoms with Crippen LogP contribution in [-0.2, 0) is 4.43 Å². The van der Waals surface area contributed by atoms with E-state index in [2.05, 4.69) is 40.4 Å². The van der Waals surface area contributed by atoms with Crippen LogP contribution in [0, 0.1) is 0 Å². The van der Waals surface area contributed by atoms with Crippen LogP contribution in [0.1, 0.15) is 34.1 Å². The summed E-state index contributed by atoms with van der Waals surface area (Å²) in [6.45, 7) is 16.6. The molecule has 142 valence electrons. The van der Waals surface area contributed by atoms with Crippen LogP contribution in [0.5, 0.6) is 11.5 Å². The van der Waals surface area contributed by atoms with Gasteiger partial charge in [-0.2, -0.15) is 0 Å². The first-order valence-corrected chi connectivity index (χ1v) is 11.7. The van der Waals surface area contributed by atoms with Crippen molar-refractivity contribution in [1.29, 1.82) is 0 Å². The molecule has 25 heavy (non-hydrogen) atoms. The first-order valence-electron chi connectivity index (χ1n) is 8.79. The van der Waals surface area contributed by atoms with Gasteiger partial charge in [-0.15, -0.1) is 6.58 Å². The molecule has 0 heterocycles. The first kappa shape index (κ1) is 21.7. The fraction of sp³-hybridized carbons (Fsp3) is 0.600. The van der Waals surface area contributed by atoms with Crippen molar-refractivity contribution in [2.24, 2.45) is 0 Å². The third-order valence-corrected chi connectivity index (χ3v) is 9.34. The van der Waals surface area contributed by atoms with Crippen LogP contribution >= 0.6 is 0 Å². The number of benzene rings is 1. The molecule has 0 spiro atoms. The third kappa shape index (κ3) is 6.17. The van der Waals surface area contributed by atoms with Crippen molar-refractivity contribution in [3.8, 4) is 11.5 Å². The Morgan fingerprint density at radius 3 is 2.12 bits per heavy atom. The van der Waals surface area contributed by atoms with Crippen LogP contribution in [-0.4, -0.2) is 38.8 Å². The second-order valence-electron chi connectivity index (χ2n) is 7.93. The molecule has 0 aliphatic heterocycles. The standard InChI is InChI=1S/C20H34O4Si/c1-9-10-18(21)19(24-25(7,8)20(3,4)5)15(2)23-17-13-11-16(22-6)12-14-17/h9,11-15,18-19,21H,1,10H2,2-8H3/t15-,18+,19+/m1/s1. The minimum Gasteiger partial charge on any atom is -0.497 e. The lowest BCUT2D eigenvalue weighted by Crippen LogP contribution is -2.51. The smallest absolute Gasteiger partial charge is 0.192 e. The average Bonchev–Trinajstić information content (AvgIpc) is 2.52. The van der Waals surface area contributed by atoms with Crippen LogP contribution in [0.2, 0.25) is 18.1 Å². The largest absolute Gasteiger partial charge is 0.497 e. The van der Waals surface area contributed by atoms with Crippen LogP contribution in [0.4, 0.5) is 0 Å². The van der Waals surface area contributed by atoms with Gasteiger partial charge in [-0.25, -0.2) is 0 Å². The average molecular weight is 367 g/mol. The highest BCUT2D eigenvalue weighted by molar-refractivity contribution is 6.74. The molecule has 0 aliphatic rings. The summed E-state index contributed by atoms with van der Waals surface area (Å²) in [6.07, 6.45) is 0.820. The van der Waals surface area contributed by atoms with Gasteiger partial charge in [-0.1, -0.05) is 26.8 Å². The second kappa shape index (κ2) is 8.88.